The minimum atomic E-state index is -0.156. The number of ether oxygens (including phenoxy) is 1. The Morgan fingerprint density at radius 2 is 1.67 bits per heavy atom. The standard InChI is InChI=1S/C26H26N4O2S/c1-30(2)20-15-13-18(14-16-20)17-27-25(31)24-23(19-9-5-4-6-10-19)29-26(33-24)28-21-11-7-8-12-22(21)32-3/h4-16H,17H2,1-3H3,(H,27,31)(H,28,29). The fourth-order valence-electron chi connectivity index (χ4n) is 3.36. The van der Waals surface area contributed by atoms with Crippen molar-refractivity contribution in [2.45, 2.75) is 6.54 Å². The fraction of sp³-hybridized carbons (Fsp3) is 0.154. The Morgan fingerprint density at radius 3 is 2.36 bits per heavy atom. The summed E-state index contributed by atoms with van der Waals surface area (Å²) in [6.45, 7) is 0.438. The van der Waals surface area contributed by atoms with Crippen molar-refractivity contribution in [2.24, 2.45) is 0 Å². The highest BCUT2D eigenvalue weighted by atomic mass is 32.1. The van der Waals surface area contributed by atoms with Crippen LogP contribution in [0.4, 0.5) is 16.5 Å². The molecule has 0 aliphatic rings. The van der Waals surface area contributed by atoms with Crippen LogP contribution < -0.4 is 20.3 Å². The highest BCUT2D eigenvalue weighted by Crippen LogP contribution is 2.35. The first-order valence-corrected chi connectivity index (χ1v) is 11.4. The molecule has 0 saturated carbocycles. The van der Waals surface area contributed by atoms with Gasteiger partial charge in [-0.05, 0) is 29.8 Å². The minimum Gasteiger partial charge on any atom is -0.495 e. The minimum absolute atomic E-state index is 0.156. The Balaban J connectivity index is 1.58. The zero-order valence-electron chi connectivity index (χ0n) is 18.8. The lowest BCUT2D eigenvalue weighted by molar-refractivity contribution is 0.0955. The molecule has 0 fully saturated rings. The normalized spacial score (nSPS) is 10.5. The third-order valence-electron chi connectivity index (χ3n) is 5.14. The van der Waals surface area contributed by atoms with E-state index in [2.05, 4.69) is 10.6 Å². The van der Waals surface area contributed by atoms with Gasteiger partial charge in [0.05, 0.1) is 18.5 Å². The molecule has 6 nitrogen and oxygen atoms in total. The van der Waals surface area contributed by atoms with Crippen LogP contribution >= 0.6 is 11.3 Å². The first kappa shape index (κ1) is 22.4. The number of methoxy groups -OCH3 is 1. The summed E-state index contributed by atoms with van der Waals surface area (Å²) in [5.41, 5.74) is 4.49. The Labute approximate surface area is 197 Å². The van der Waals surface area contributed by atoms with Crippen LogP contribution in [0.2, 0.25) is 0 Å². The van der Waals surface area contributed by atoms with Gasteiger partial charge in [-0.3, -0.25) is 4.79 Å². The third kappa shape index (κ3) is 5.32. The number of aromatic nitrogens is 1. The molecular weight excluding hydrogens is 432 g/mol. The second-order valence-corrected chi connectivity index (χ2v) is 8.63. The lowest BCUT2D eigenvalue weighted by Crippen LogP contribution is -2.22. The molecule has 0 aliphatic heterocycles. The Morgan fingerprint density at radius 1 is 0.970 bits per heavy atom. The predicted octanol–water partition coefficient (Wildman–Crippen LogP) is 5.56. The smallest absolute Gasteiger partial charge is 0.264 e. The number of amides is 1. The van der Waals surface area contributed by atoms with Gasteiger partial charge < -0.3 is 20.3 Å². The van der Waals surface area contributed by atoms with Crippen LogP contribution in [-0.4, -0.2) is 32.1 Å². The molecule has 0 unspecified atom stereocenters. The van der Waals surface area contributed by atoms with E-state index in [9.17, 15) is 4.79 Å². The second kappa shape index (κ2) is 10.2. The summed E-state index contributed by atoms with van der Waals surface area (Å²) < 4.78 is 5.43. The zero-order valence-corrected chi connectivity index (χ0v) is 19.6. The largest absolute Gasteiger partial charge is 0.495 e. The van der Waals surface area contributed by atoms with Crippen molar-refractivity contribution in [2.75, 3.05) is 31.4 Å². The third-order valence-corrected chi connectivity index (χ3v) is 6.10. The predicted molar refractivity (Wildman–Crippen MR) is 136 cm³/mol. The number of nitrogens with one attached hydrogen (secondary N) is 2. The van der Waals surface area contributed by atoms with Gasteiger partial charge in [0, 0.05) is 31.9 Å². The van der Waals surface area contributed by atoms with Crippen molar-refractivity contribution >= 4 is 33.8 Å². The van der Waals surface area contributed by atoms with Gasteiger partial charge in [-0.2, -0.15) is 0 Å². The van der Waals surface area contributed by atoms with Crippen LogP contribution in [0, 0.1) is 0 Å². The van der Waals surface area contributed by atoms with Gasteiger partial charge in [0.25, 0.3) is 5.91 Å². The van der Waals surface area contributed by atoms with E-state index in [-0.39, 0.29) is 5.91 Å². The number of benzene rings is 3. The number of thiazole rings is 1. The lowest BCUT2D eigenvalue weighted by atomic mass is 10.1. The molecule has 0 aliphatic carbocycles. The zero-order chi connectivity index (χ0) is 23.2. The number of nitrogens with zero attached hydrogens (tertiary/aromatic N) is 2. The van der Waals surface area contributed by atoms with Crippen LogP contribution in [0.25, 0.3) is 11.3 Å². The Bertz CT molecular complexity index is 1220. The average molecular weight is 459 g/mol. The maximum absolute atomic E-state index is 13.2. The average Bonchev–Trinajstić information content (AvgIpc) is 3.27. The number of anilines is 3. The highest BCUT2D eigenvalue weighted by Gasteiger charge is 2.20. The summed E-state index contributed by atoms with van der Waals surface area (Å²) in [6.07, 6.45) is 0. The molecular formula is C26H26N4O2S. The number of carbonyl (C=O) groups is 1. The van der Waals surface area contributed by atoms with Gasteiger partial charge in [0.1, 0.15) is 10.6 Å². The topological polar surface area (TPSA) is 66.5 Å². The van der Waals surface area contributed by atoms with Crippen molar-refractivity contribution in [1.82, 2.24) is 10.3 Å². The Hall–Kier alpha value is -3.84. The molecule has 1 amide bonds. The van der Waals surface area contributed by atoms with E-state index in [1.54, 1.807) is 7.11 Å². The number of rotatable bonds is 8. The summed E-state index contributed by atoms with van der Waals surface area (Å²) in [4.78, 5) is 20.5. The molecule has 1 heterocycles. The maximum atomic E-state index is 13.2. The van der Waals surface area contributed by atoms with Gasteiger partial charge in [-0.1, -0.05) is 65.9 Å². The van der Waals surface area contributed by atoms with Crippen LogP contribution in [0.15, 0.2) is 78.9 Å². The van der Waals surface area contributed by atoms with Crippen molar-refractivity contribution in [3.63, 3.8) is 0 Å². The molecule has 0 saturated heterocycles. The van der Waals surface area contributed by atoms with Crippen LogP contribution in [-0.2, 0) is 6.54 Å². The number of carbonyl (C=O) groups excluding carboxylic acids is 1. The van der Waals surface area contributed by atoms with Crippen LogP contribution in [0.3, 0.4) is 0 Å². The SMILES string of the molecule is COc1ccccc1Nc1nc(-c2ccccc2)c(C(=O)NCc2ccc(N(C)C)cc2)s1. The summed E-state index contributed by atoms with van der Waals surface area (Å²) in [5, 5.41) is 6.96. The summed E-state index contributed by atoms with van der Waals surface area (Å²) >= 11 is 1.32. The summed E-state index contributed by atoms with van der Waals surface area (Å²) in [6, 6.07) is 25.5. The van der Waals surface area contributed by atoms with Crippen molar-refractivity contribution in [1.29, 1.82) is 0 Å². The molecule has 0 atom stereocenters. The van der Waals surface area contributed by atoms with Crippen molar-refractivity contribution in [3.8, 4) is 17.0 Å². The number of para-hydroxylation sites is 2. The summed E-state index contributed by atoms with van der Waals surface area (Å²) in [5.74, 6) is 0.553. The van der Waals surface area contributed by atoms with E-state index >= 15 is 0 Å². The van der Waals surface area contributed by atoms with Crippen LogP contribution in [0.1, 0.15) is 15.2 Å². The molecule has 0 spiro atoms. The lowest BCUT2D eigenvalue weighted by Gasteiger charge is -2.13. The fourth-order valence-corrected chi connectivity index (χ4v) is 4.27. The van der Waals surface area contributed by atoms with Gasteiger partial charge in [0.2, 0.25) is 0 Å². The molecule has 4 rings (SSSR count). The summed E-state index contributed by atoms with van der Waals surface area (Å²) in [7, 11) is 5.63. The number of hydrogen-bond donors (Lipinski definition) is 2. The van der Waals surface area contributed by atoms with Gasteiger partial charge in [-0.15, -0.1) is 0 Å². The van der Waals surface area contributed by atoms with Crippen molar-refractivity contribution < 1.29 is 9.53 Å². The molecule has 7 heteroatoms. The van der Waals surface area contributed by atoms with Gasteiger partial charge in [-0.25, -0.2) is 4.98 Å². The molecule has 168 valence electrons. The van der Waals surface area contributed by atoms with E-state index in [0.717, 1.165) is 22.5 Å². The Kier molecular flexibility index (Phi) is 6.90. The quantitative estimate of drug-likeness (QED) is 0.362. The first-order chi connectivity index (χ1) is 16.0. The van der Waals surface area contributed by atoms with E-state index < -0.39 is 0 Å². The molecule has 4 aromatic rings. The number of hydrogen-bond acceptors (Lipinski definition) is 6. The first-order valence-electron chi connectivity index (χ1n) is 10.6. The van der Waals surface area contributed by atoms with Gasteiger partial charge in [0.15, 0.2) is 5.13 Å². The van der Waals surface area contributed by atoms with Gasteiger partial charge >= 0.3 is 0 Å². The van der Waals surface area contributed by atoms with Crippen molar-refractivity contribution in [3.05, 3.63) is 89.3 Å². The van der Waals surface area contributed by atoms with E-state index in [1.807, 2.05) is 97.9 Å². The van der Waals surface area contributed by atoms with Crippen LogP contribution in [0.5, 0.6) is 5.75 Å². The molecule has 2 N–H and O–H groups in total. The molecule has 0 radical (unpaired) electrons. The molecule has 0 bridgehead atoms. The molecule has 33 heavy (non-hydrogen) atoms. The maximum Gasteiger partial charge on any atom is 0.264 e. The monoisotopic (exact) mass is 458 g/mol. The van der Waals surface area contributed by atoms with E-state index in [0.29, 0.717) is 28.0 Å². The highest BCUT2D eigenvalue weighted by molar-refractivity contribution is 7.18. The van der Waals surface area contributed by atoms with E-state index in [1.165, 1.54) is 11.3 Å². The second-order valence-electron chi connectivity index (χ2n) is 7.63. The molecule has 1 aromatic heterocycles. The molecule has 3 aromatic carbocycles. The van der Waals surface area contributed by atoms with E-state index in [4.69, 9.17) is 9.72 Å².